The molecular weight excluding hydrogens is 218 g/mol. The van der Waals surface area contributed by atoms with E-state index in [4.69, 9.17) is 4.74 Å². The van der Waals surface area contributed by atoms with E-state index in [-0.39, 0.29) is 12.0 Å². The van der Waals surface area contributed by atoms with Gasteiger partial charge in [-0.25, -0.2) is 4.79 Å². The van der Waals surface area contributed by atoms with Crippen molar-refractivity contribution in [3.63, 3.8) is 0 Å². The first-order valence-corrected chi connectivity index (χ1v) is 6.12. The molecule has 0 bridgehead atoms. The molecule has 1 fully saturated rings. The van der Waals surface area contributed by atoms with Crippen LogP contribution in [-0.4, -0.2) is 40.9 Å². The fourth-order valence-corrected chi connectivity index (χ4v) is 1.97. The maximum absolute atomic E-state index is 11.9. The number of hydrogen-bond donors (Lipinski definition) is 1. The maximum Gasteiger partial charge on any atom is 0.410 e. The number of amides is 1. The van der Waals surface area contributed by atoms with E-state index in [1.54, 1.807) is 4.90 Å². The maximum atomic E-state index is 11.9. The Morgan fingerprint density at radius 1 is 1.59 bits per heavy atom. The van der Waals surface area contributed by atoms with Crippen LogP contribution in [0.1, 0.15) is 33.6 Å². The quantitative estimate of drug-likeness (QED) is 0.754. The lowest BCUT2D eigenvalue weighted by Gasteiger charge is -2.35. The summed E-state index contributed by atoms with van der Waals surface area (Å²) in [5, 5.41) is 9.72. The van der Waals surface area contributed by atoms with E-state index in [9.17, 15) is 9.90 Å². The van der Waals surface area contributed by atoms with Crippen LogP contribution < -0.4 is 0 Å². The molecule has 0 aliphatic carbocycles. The third kappa shape index (κ3) is 4.38. The zero-order valence-corrected chi connectivity index (χ0v) is 11.0. The predicted octanol–water partition coefficient (Wildman–Crippen LogP) is 2.18. The monoisotopic (exact) mass is 241 g/mol. The van der Waals surface area contributed by atoms with Crippen molar-refractivity contribution >= 4 is 6.09 Å². The number of hydrogen-bond acceptors (Lipinski definition) is 3. The number of likely N-dealkylation sites (tertiary alicyclic amines) is 1. The molecule has 0 aromatic rings. The van der Waals surface area contributed by atoms with Gasteiger partial charge in [0.15, 0.2) is 0 Å². The molecule has 0 aromatic carbocycles. The second kappa shape index (κ2) is 5.54. The number of carbonyl (C=O) groups excluding carboxylic acids is 1. The van der Waals surface area contributed by atoms with Crippen LogP contribution in [0.3, 0.4) is 0 Å². The first-order chi connectivity index (χ1) is 7.83. The number of nitrogens with zero attached hydrogens (tertiary/aromatic N) is 1. The van der Waals surface area contributed by atoms with Crippen molar-refractivity contribution in [2.45, 2.75) is 45.3 Å². The molecule has 1 saturated heterocycles. The van der Waals surface area contributed by atoms with Crippen molar-refractivity contribution in [2.75, 3.05) is 13.1 Å². The van der Waals surface area contributed by atoms with Gasteiger partial charge < -0.3 is 14.7 Å². The topological polar surface area (TPSA) is 49.8 Å². The molecule has 1 aliphatic heterocycles. The zero-order valence-electron chi connectivity index (χ0n) is 11.0. The summed E-state index contributed by atoms with van der Waals surface area (Å²) in [7, 11) is 0. The normalized spacial score (nSPS) is 23.1. The van der Waals surface area contributed by atoms with Crippen LogP contribution in [0.5, 0.6) is 0 Å². The minimum atomic E-state index is -0.541. The lowest BCUT2D eigenvalue weighted by atomic mass is 9.93. The van der Waals surface area contributed by atoms with Crippen LogP contribution in [0.2, 0.25) is 0 Å². The largest absolute Gasteiger partial charge is 0.444 e. The van der Waals surface area contributed by atoms with Crippen molar-refractivity contribution in [1.29, 1.82) is 0 Å². The van der Waals surface area contributed by atoms with Crippen LogP contribution in [-0.2, 0) is 4.74 Å². The molecule has 1 N–H and O–H groups in total. The molecule has 0 aromatic heterocycles. The highest BCUT2D eigenvalue weighted by atomic mass is 16.6. The Labute approximate surface area is 103 Å². The molecule has 4 heteroatoms. The molecular formula is C13H23NO3. The standard InChI is InChI=1S/C13H23NO3/c1-5-11(15)10-7-6-8-14(9-10)12(16)17-13(2,3)4/h5,10-11,15H,1,6-9H2,2-4H3. The van der Waals surface area contributed by atoms with Crippen molar-refractivity contribution in [2.24, 2.45) is 5.92 Å². The SMILES string of the molecule is C=CC(O)C1CCCN(C(=O)OC(C)(C)C)C1. The van der Waals surface area contributed by atoms with E-state index in [1.165, 1.54) is 6.08 Å². The van der Waals surface area contributed by atoms with Crippen LogP contribution in [0, 0.1) is 5.92 Å². The number of aliphatic hydroxyl groups excluding tert-OH is 1. The summed E-state index contributed by atoms with van der Waals surface area (Å²) < 4.78 is 5.32. The van der Waals surface area contributed by atoms with E-state index in [2.05, 4.69) is 6.58 Å². The van der Waals surface area contributed by atoms with E-state index >= 15 is 0 Å². The molecule has 0 spiro atoms. The van der Waals surface area contributed by atoms with Crippen LogP contribution in [0.15, 0.2) is 12.7 Å². The number of piperidine rings is 1. The average Bonchev–Trinajstić information content (AvgIpc) is 2.26. The van der Waals surface area contributed by atoms with Crippen molar-refractivity contribution in [3.8, 4) is 0 Å². The Morgan fingerprint density at radius 2 is 2.24 bits per heavy atom. The molecule has 1 rings (SSSR count). The summed E-state index contributed by atoms with van der Waals surface area (Å²) in [5.41, 5.74) is -0.471. The lowest BCUT2D eigenvalue weighted by Crippen LogP contribution is -2.45. The molecule has 1 aliphatic rings. The molecule has 2 atom stereocenters. The summed E-state index contributed by atoms with van der Waals surface area (Å²) in [6.07, 6.45) is 2.52. The molecule has 1 amide bonds. The van der Waals surface area contributed by atoms with Crippen molar-refractivity contribution < 1.29 is 14.6 Å². The van der Waals surface area contributed by atoms with Gasteiger partial charge in [0.1, 0.15) is 5.60 Å². The Morgan fingerprint density at radius 3 is 2.76 bits per heavy atom. The molecule has 98 valence electrons. The fraction of sp³-hybridized carbons (Fsp3) is 0.769. The van der Waals surface area contributed by atoms with Crippen molar-refractivity contribution in [3.05, 3.63) is 12.7 Å². The van der Waals surface area contributed by atoms with E-state index in [1.807, 2.05) is 20.8 Å². The van der Waals surface area contributed by atoms with Gasteiger partial charge in [0.25, 0.3) is 0 Å². The third-order valence-electron chi connectivity index (χ3n) is 2.83. The minimum Gasteiger partial charge on any atom is -0.444 e. The van der Waals surface area contributed by atoms with Gasteiger partial charge >= 0.3 is 6.09 Å². The van der Waals surface area contributed by atoms with Gasteiger partial charge in [-0.1, -0.05) is 6.08 Å². The summed E-state index contributed by atoms with van der Waals surface area (Å²) in [5.74, 6) is 0.0776. The third-order valence-corrected chi connectivity index (χ3v) is 2.83. The smallest absolute Gasteiger partial charge is 0.410 e. The van der Waals surface area contributed by atoms with Crippen molar-refractivity contribution in [1.82, 2.24) is 4.90 Å². The number of ether oxygens (including phenoxy) is 1. The predicted molar refractivity (Wildman–Crippen MR) is 66.7 cm³/mol. The lowest BCUT2D eigenvalue weighted by molar-refractivity contribution is 0.00834. The van der Waals surface area contributed by atoms with Gasteiger partial charge in [-0.3, -0.25) is 0 Å². The second-order valence-corrected chi connectivity index (χ2v) is 5.55. The van der Waals surface area contributed by atoms with E-state index < -0.39 is 11.7 Å². The van der Waals surface area contributed by atoms with Gasteiger partial charge in [-0.05, 0) is 33.6 Å². The fourth-order valence-electron chi connectivity index (χ4n) is 1.97. The van der Waals surface area contributed by atoms with E-state index in [0.29, 0.717) is 13.1 Å². The average molecular weight is 241 g/mol. The van der Waals surface area contributed by atoms with Crippen LogP contribution >= 0.6 is 0 Å². The number of rotatable bonds is 2. The second-order valence-electron chi connectivity index (χ2n) is 5.55. The molecule has 2 unspecified atom stereocenters. The number of carbonyl (C=O) groups is 1. The van der Waals surface area contributed by atoms with Gasteiger partial charge in [0.2, 0.25) is 0 Å². The Balaban J connectivity index is 2.54. The Bertz CT molecular complexity index is 283. The number of aliphatic hydroxyl groups is 1. The van der Waals surface area contributed by atoms with E-state index in [0.717, 1.165) is 12.8 Å². The molecule has 0 saturated carbocycles. The molecule has 1 heterocycles. The summed E-state index contributed by atoms with van der Waals surface area (Å²) in [4.78, 5) is 13.5. The highest BCUT2D eigenvalue weighted by molar-refractivity contribution is 5.68. The molecule has 0 radical (unpaired) electrons. The molecule has 4 nitrogen and oxygen atoms in total. The summed E-state index contributed by atoms with van der Waals surface area (Å²) >= 11 is 0. The summed E-state index contributed by atoms with van der Waals surface area (Å²) in [6, 6.07) is 0. The first kappa shape index (κ1) is 14.0. The van der Waals surface area contributed by atoms with Gasteiger partial charge in [-0.15, -0.1) is 6.58 Å². The highest BCUT2D eigenvalue weighted by Gasteiger charge is 2.29. The van der Waals surface area contributed by atoms with Crippen LogP contribution in [0.25, 0.3) is 0 Å². The van der Waals surface area contributed by atoms with Gasteiger partial charge in [0, 0.05) is 19.0 Å². The minimum absolute atomic E-state index is 0.0776. The molecule has 17 heavy (non-hydrogen) atoms. The Kier molecular flexibility index (Phi) is 4.57. The first-order valence-electron chi connectivity index (χ1n) is 6.12. The zero-order chi connectivity index (χ0) is 13.1. The van der Waals surface area contributed by atoms with Gasteiger partial charge in [0.05, 0.1) is 6.10 Å². The highest BCUT2D eigenvalue weighted by Crippen LogP contribution is 2.22. The van der Waals surface area contributed by atoms with Gasteiger partial charge in [-0.2, -0.15) is 0 Å². The summed E-state index contributed by atoms with van der Waals surface area (Å²) in [6.45, 7) is 10.4. The Hall–Kier alpha value is -1.03. The van der Waals surface area contributed by atoms with Crippen LogP contribution in [0.4, 0.5) is 4.79 Å².